The van der Waals surface area contributed by atoms with Crippen molar-refractivity contribution in [1.82, 2.24) is 20.2 Å². The molecule has 1 aliphatic rings. The maximum Gasteiger partial charge on any atom is 0.319 e. The maximum atomic E-state index is 12.2. The second kappa shape index (κ2) is 10.1. The molecule has 2 amide bonds. The number of nitrogens with zero attached hydrogens (tertiary/aromatic N) is 2. The van der Waals surface area contributed by atoms with Crippen molar-refractivity contribution in [2.45, 2.75) is 58.0 Å². The molecule has 1 aliphatic heterocycles. The van der Waals surface area contributed by atoms with E-state index in [-0.39, 0.29) is 12.1 Å². The minimum atomic E-state index is -0.117. The van der Waals surface area contributed by atoms with Crippen LogP contribution in [0, 0.1) is 0 Å². The van der Waals surface area contributed by atoms with E-state index in [1.165, 1.54) is 18.5 Å². The molecule has 0 aliphatic carbocycles. The fourth-order valence-electron chi connectivity index (χ4n) is 3.53. The van der Waals surface area contributed by atoms with Crippen LogP contribution < -0.4 is 10.6 Å². The lowest BCUT2D eigenvalue weighted by Crippen LogP contribution is -2.38. The van der Waals surface area contributed by atoms with E-state index in [1.807, 2.05) is 36.5 Å². The van der Waals surface area contributed by atoms with Gasteiger partial charge in [0.1, 0.15) is 5.82 Å². The number of hydrogen-bond donors (Lipinski definition) is 3. The standard InChI is InChI=1S/C21H31N5O/c1-2-3-11-20-22-15-19(23-20)16-26-13-7-10-18(12-14-26)25-21(27)24-17-8-5-4-6-9-17/h4-6,8-9,15,18H,2-3,7,10-14,16H2,1H3,(H,22,23)(H2,24,25,27)/t18-/m0/s1. The quantitative estimate of drug-likeness (QED) is 0.692. The number of H-pyrrole nitrogens is 1. The molecule has 3 N–H and O–H groups in total. The SMILES string of the molecule is CCCCc1ncc(CN2CCC[C@H](NC(=O)Nc3ccccc3)CC2)[nH]1. The molecule has 0 radical (unpaired) electrons. The van der Waals surface area contributed by atoms with Crippen LogP contribution in [0.15, 0.2) is 36.5 Å². The Bertz CT molecular complexity index is 700. The number of carbonyl (C=O) groups excluding carboxylic acids is 1. The van der Waals surface area contributed by atoms with Crippen LogP contribution in [0.4, 0.5) is 10.5 Å². The number of para-hydroxylation sites is 1. The zero-order valence-electron chi connectivity index (χ0n) is 16.2. The Kier molecular flexibility index (Phi) is 7.27. The molecule has 3 rings (SSSR count). The van der Waals surface area contributed by atoms with Crippen LogP contribution in [0.25, 0.3) is 0 Å². The Hall–Kier alpha value is -2.34. The number of unbranched alkanes of at least 4 members (excludes halogenated alkanes) is 1. The van der Waals surface area contributed by atoms with Crippen LogP contribution in [0.3, 0.4) is 0 Å². The second-order valence-corrected chi connectivity index (χ2v) is 7.33. The summed E-state index contributed by atoms with van der Waals surface area (Å²) in [6.45, 7) is 5.15. The molecule has 1 fully saturated rings. The summed E-state index contributed by atoms with van der Waals surface area (Å²) in [5, 5.41) is 6.03. The van der Waals surface area contributed by atoms with E-state index in [0.717, 1.165) is 56.8 Å². The average molecular weight is 370 g/mol. The van der Waals surface area contributed by atoms with Crippen LogP contribution in [-0.4, -0.2) is 40.0 Å². The third-order valence-corrected chi connectivity index (χ3v) is 5.03. The fourth-order valence-corrected chi connectivity index (χ4v) is 3.53. The summed E-state index contributed by atoms with van der Waals surface area (Å²) in [7, 11) is 0. The first-order valence-corrected chi connectivity index (χ1v) is 10.1. The number of aryl methyl sites for hydroxylation is 1. The Morgan fingerprint density at radius 2 is 2.11 bits per heavy atom. The maximum absolute atomic E-state index is 12.2. The summed E-state index contributed by atoms with van der Waals surface area (Å²) in [5.74, 6) is 1.10. The van der Waals surface area contributed by atoms with Crippen molar-refractivity contribution in [3.8, 4) is 0 Å². The fraction of sp³-hybridized carbons (Fsp3) is 0.524. The first kappa shape index (κ1) is 19.4. The van der Waals surface area contributed by atoms with Crippen LogP contribution in [0.2, 0.25) is 0 Å². The number of imidazole rings is 1. The van der Waals surface area contributed by atoms with Gasteiger partial charge in [-0.1, -0.05) is 31.5 Å². The number of aromatic amines is 1. The summed E-state index contributed by atoms with van der Waals surface area (Å²) < 4.78 is 0. The molecular formula is C21H31N5O. The lowest BCUT2D eigenvalue weighted by atomic mass is 10.1. The molecule has 146 valence electrons. The molecule has 1 aromatic heterocycles. The van der Waals surface area contributed by atoms with E-state index in [9.17, 15) is 4.79 Å². The molecule has 2 aromatic rings. The number of anilines is 1. The lowest BCUT2D eigenvalue weighted by molar-refractivity contribution is 0.245. The predicted molar refractivity (Wildman–Crippen MR) is 109 cm³/mol. The van der Waals surface area contributed by atoms with Gasteiger partial charge in [-0.2, -0.15) is 0 Å². The molecule has 1 saturated heterocycles. The highest BCUT2D eigenvalue weighted by molar-refractivity contribution is 5.89. The highest BCUT2D eigenvalue weighted by Crippen LogP contribution is 2.14. The zero-order valence-corrected chi connectivity index (χ0v) is 16.2. The molecule has 2 heterocycles. The van der Waals surface area contributed by atoms with E-state index in [0.29, 0.717) is 0 Å². The molecular weight excluding hydrogens is 338 g/mol. The third-order valence-electron chi connectivity index (χ3n) is 5.03. The van der Waals surface area contributed by atoms with Gasteiger partial charge in [-0.15, -0.1) is 0 Å². The summed E-state index contributed by atoms with van der Waals surface area (Å²) in [5.41, 5.74) is 2.01. The lowest BCUT2D eigenvalue weighted by Gasteiger charge is -2.19. The van der Waals surface area contributed by atoms with Gasteiger partial charge in [0, 0.05) is 43.1 Å². The Labute approximate surface area is 161 Å². The summed E-state index contributed by atoms with van der Waals surface area (Å²) >= 11 is 0. The van der Waals surface area contributed by atoms with Gasteiger partial charge >= 0.3 is 6.03 Å². The highest BCUT2D eigenvalue weighted by Gasteiger charge is 2.19. The largest absolute Gasteiger partial charge is 0.345 e. The third kappa shape index (κ3) is 6.40. The number of urea groups is 1. The van der Waals surface area contributed by atoms with Gasteiger partial charge < -0.3 is 15.6 Å². The van der Waals surface area contributed by atoms with Crippen LogP contribution in [0.1, 0.15) is 50.5 Å². The van der Waals surface area contributed by atoms with Gasteiger partial charge in [-0.3, -0.25) is 4.90 Å². The molecule has 0 bridgehead atoms. The number of aromatic nitrogens is 2. The molecule has 0 unspecified atom stereocenters. The van der Waals surface area contributed by atoms with Crippen molar-refractivity contribution in [2.24, 2.45) is 0 Å². The smallest absolute Gasteiger partial charge is 0.319 e. The Morgan fingerprint density at radius 3 is 2.93 bits per heavy atom. The summed E-state index contributed by atoms with van der Waals surface area (Å²) in [6, 6.07) is 9.68. The molecule has 6 heteroatoms. The van der Waals surface area contributed by atoms with E-state index < -0.39 is 0 Å². The number of likely N-dealkylation sites (tertiary alicyclic amines) is 1. The minimum Gasteiger partial charge on any atom is -0.345 e. The van der Waals surface area contributed by atoms with Crippen molar-refractivity contribution in [3.05, 3.63) is 48.0 Å². The minimum absolute atomic E-state index is 0.117. The summed E-state index contributed by atoms with van der Waals surface area (Å²) in [4.78, 5) is 22.6. The first-order valence-electron chi connectivity index (χ1n) is 10.1. The van der Waals surface area contributed by atoms with Gasteiger partial charge in [-0.05, 0) is 44.4 Å². The van der Waals surface area contributed by atoms with Gasteiger partial charge in [0.05, 0.1) is 0 Å². The normalized spacial score (nSPS) is 18.0. The van der Waals surface area contributed by atoms with Gasteiger partial charge in [0.2, 0.25) is 0 Å². The van der Waals surface area contributed by atoms with Crippen molar-refractivity contribution >= 4 is 11.7 Å². The monoisotopic (exact) mass is 369 g/mol. The van der Waals surface area contributed by atoms with Crippen LogP contribution in [0.5, 0.6) is 0 Å². The number of benzene rings is 1. The van der Waals surface area contributed by atoms with Crippen molar-refractivity contribution in [1.29, 1.82) is 0 Å². The molecule has 1 aromatic carbocycles. The number of hydrogen-bond acceptors (Lipinski definition) is 3. The van der Waals surface area contributed by atoms with Crippen molar-refractivity contribution in [3.63, 3.8) is 0 Å². The van der Waals surface area contributed by atoms with Crippen LogP contribution >= 0.6 is 0 Å². The number of nitrogens with one attached hydrogen (secondary N) is 3. The van der Waals surface area contributed by atoms with Gasteiger partial charge in [0.25, 0.3) is 0 Å². The van der Waals surface area contributed by atoms with E-state index in [2.05, 4.69) is 32.4 Å². The van der Waals surface area contributed by atoms with Gasteiger partial charge in [0.15, 0.2) is 0 Å². The number of amides is 2. The average Bonchev–Trinajstić information content (AvgIpc) is 3.00. The molecule has 0 spiro atoms. The van der Waals surface area contributed by atoms with Crippen molar-refractivity contribution in [2.75, 3.05) is 18.4 Å². The highest BCUT2D eigenvalue weighted by atomic mass is 16.2. The first-order chi connectivity index (χ1) is 13.2. The predicted octanol–water partition coefficient (Wildman–Crippen LogP) is 3.93. The topological polar surface area (TPSA) is 73.1 Å². The van der Waals surface area contributed by atoms with Crippen molar-refractivity contribution < 1.29 is 4.79 Å². The molecule has 0 saturated carbocycles. The number of rotatable bonds is 7. The van der Waals surface area contributed by atoms with E-state index in [1.54, 1.807) is 0 Å². The Balaban J connectivity index is 1.43. The van der Waals surface area contributed by atoms with Crippen LogP contribution in [-0.2, 0) is 13.0 Å². The molecule has 27 heavy (non-hydrogen) atoms. The zero-order chi connectivity index (χ0) is 18.9. The number of carbonyl (C=O) groups is 1. The Morgan fingerprint density at radius 1 is 1.26 bits per heavy atom. The van der Waals surface area contributed by atoms with Gasteiger partial charge in [-0.25, -0.2) is 9.78 Å². The molecule has 6 nitrogen and oxygen atoms in total. The second-order valence-electron chi connectivity index (χ2n) is 7.33. The molecule has 1 atom stereocenters. The van der Waals surface area contributed by atoms with E-state index >= 15 is 0 Å². The van der Waals surface area contributed by atoms with E-state index in [4.69, 9.17) is 0 Å². The summed E-state index contributed by atoms with van der Waals surface area (Å²) in [6.07, 6.45) is 8.44.